The van der Waals surface area contributed by atoms with Gasteiger partial charge in [-0.3, -0.25) is 0 Å². The lowest BCUT2D eigenvalue weighted by atomic mass is 10.0. The Hall–Kier alpha value is -1.02. The summed E-state index contributed by atoms with van der Waals surface area (Å²) < 4.78 is 5.45. The van der Waals surface area contributed by atoms with Crippen LogP contribution in [0, 0.1) is 0 Å². The van der Waals surface area contributed by atoms with Crippen LogP contribution in [0.15, 0.2) is 18.2 Å². The number of hydrogen-bond donors (Lipinski definition) is 1. The maximum Gasteiger partial charge on any atom is 0.123 e. The molecule has 0 bridgehead atoms. The second-order valence-corrected chi connectivity index (χ2v) is 4.88. The van der Waals surface area contributed by atoms with E-state index in [0.29, 0.717) is 5.92 Å². The maximum absolute atomic E-state index is 5.45. The van der Waals surface area contributed by atoms with Crippen molar-refractivity contribution in [1.82, 2.24) is 5.32 Å². The monoisotopic (exact) mass is 219 g/mol. The largest absolute Gasteiger partial charge is 0.496 e. The molecule has 2 rings (SSSR count). The Morgan fingerprint density at radius 1 is 1.38 bits per heavy atom. The first-order valence-corrected chi connectivity index (χ1v) is 6.11. The fraction of sp³-hybridized carbons (Fsp3) is 0.571. The van der Waals surface area contributed by atoms with Gasteiger partial charge < -0.3 is 10.1 Å². The van der Waals surface area contributed by atoms with Gasteiger partial charge in [-0.1, -0.05) is 26.0 Å². The van der Waals surface area contributed by atoms with Crippen LogP contribution in [0.3, 0.4) is 0 Å². The predicted molar refractivity (Wildman–Crippen MR) is 66.9 cm³/mol. The molecule has 88 valence electrons. The molecule has 1 fully saturated rings. The van der Waals surface area contributed by atoms with Gasteiger partial charge in [0.05, 0.1) is 7.11 Å². The van der Waals surface area contributed by atoms with Gasteiger partial charge in [-0.25, -0.2) is 0 Å². The van der Waals surface area contributed by atoms with Crippen LogP contribution in [0.25, 0.3) is 0 Å². The zero-order chi connectivity index (χ0) is 11.5. The van der Waals surface area contributed by atoms with E-state index in [1.165, 1.54) is 24.0 Å². The van der Waals surface area contributed by atoms with Gasteiger partial charge in [-0.05, 0) is 30.4 Å². The summed E-state index contributed by atoms with van der Waals surface area (Å²) in [4.78, 5) is 0. The Morgan fingerprint density at radius 2 is 2.12 bits per heavy atom. The first-order valence-electron chi connectivity index (χ1n) is 6.11. The zero-order valence-electron chi connectivity index (χ0n) is 10.4. The van der Waals surface area contributed by atoms with Crippen molar-refractivity contribution in [2.75, 3.05) is 7.11 Å². The third-order valence-corrected chi connectivity index (χ3v) is 3.14. The van der Waals surface area contributed by atoms with Crippen molar-refractivity contribution < 1.29 is 4.74 Å². The quantitative estimate of drug-likeness (QED) is 0.821. The molecule has 0 atom stereocenters. The summed E-state index contributed by atoms with van der Waals surface area (Å²) in [5.74, 6) is 1.57. The summed E-state index contributed by atoms with van der Waals surface area (Å²) in [5.41, 5.74) is 2.60. The van der Waals surface area contributed by atoms with Crippen LogP contribution in [0.5, 0.6) is 5.75 Å². The Morgan fingerprint density at radius 3 is 2.69 bits per heavy atom. The van der Waals surface area contributed by atoms with E-state index in [9.17, 15) is 0 Å². The van der Waals surface area contributed by atoms with E-state index in [1.807, 2.05) is 0 Å². The normalized spacial score (nSPS) is 15.5. The van der Waals surface area contributed by atoms with Crippen molar-refractivity contribution in [1.29, 1.82) is 0 Å². The number of rotatable bonds is 5. The highest BCUT2D eigenvalue weighted by Crippen LogP contribution is 2.26. The van der Waals surface area contributed by atoms with E-state index in [2.05, 4.69) is 37.4 Å². The molecule has 0 spiro atoms. The Kier molecular flexibility index (Phi) is 3.49. The summed E-state index contributed by atoms with van der Waals surface area (Å²) in [6.45, 7) is 5.33. The van der Waals surface area contributed by atoms with E-state index in [0.717, 1.165) is 18.3 Å². The molecule has 1 aliphatic rings. The highest BCUT2D eigenvalue weighted by molar-refractivity contribution is 5.38. The summed E-state index contributed by atoms with van der Waals surface area (Å²) in [7, 11) is 1.75. The summed E-state index contributed by atoms with van der Waals surface area (Å²) in [6, 6.07) is 7.30. The standard InChI is InChI=1S/C14H21NO/c1-10(2)11-4-5-12(14(8-11)16-3)9-15-13-6-7-13/h4-5,8,10,13,15H,6-7,9H2,1-3H3. The fourth-order valence-corrected chi connectivity index (χ4v) is 1.81. The lowest BCUT2D eigenvalue weighted by Crippen LogP contribution is -2.15. The second kappa shape index (κ2) is 4.88. The molecule has 0 aliphatic heterocycles. The molecule has 16 heavy (non-hydrogen) atoms. The lowest BCUT2D eigenvalue weighted by Gasteiger charge is -2.13. The summed E-state index contributed by atoms with van der Waals surface area (Å²) >= 11 is 0. The molecular weight excluding hydrogens is 198 g/mol. The average molecular weight is 219 g/mol. The van der Waals surface area contributed by atoms with Crippen molar-refractivity contribution in [3.8, 4) is 5.75 Å². The van der Waals surface area contributed by atoms with Crippen LogP contribution in [0.4, 0.5) is 0 Å². The van der Waals surface area contributed by atoms with Crippen LogP contribution in [-0.4, -0.2) is 13.2 Å². The van der Waals surface area contributed by atoms with Crippen molar-refractivity contribution in [3.05, 3.63) is 29.3 Å². The minimum absolute atomic E-state index is 0.555. The number of methoxy groups -OCH3 is 1. The molecule has 1 saturated carbocycles. The first kappa shape index (κ1) is 11.5. The van der Waals surface area contributed by atoms with E-state index in [1.54, 1.807) is 7.11 Å². The molecule has 1 N–H and O–H groups in total. The van der Waals surface area contributed by atoms with Gasteiger partial charge in [0.15, 0.2) is 0 Å². The van der Waals surface area contributed by atoms with E-state index < -0.39 is 0 Å². The highest BCUT2D eigenvalue weighted by atomic mass is 16.5. The van der Waals surface area contributed by atoms with Crippen molar-refractivity contribution in [2.45, 2.75) is 45.2 Å². The molecule has 1 aromatic rings. The van der Waals surface area contributed by atoms with Crippen molar-refractivity contribution in [3.63, 3.8) is 0 Å². The van der Waals surface area contributed by atoms with Gasteiger partial charge in [0.1, 0.15) is 5.75 Å². The molecule has 0 saturated heterocycles. The molecular formula is C14H21NO. The van der Waals surface area contributed by atoms with Gasteiger partial charge in [-0.2, -0.15) is 0 Å². The smallest absolute Gasteiger partial charge is 0.123 e. The van der Waals surface area contributed by atoms with Gasteiger partial charge in [0, 0.05) is 18.2 Å². The van der Waals surface area contributed by atoms with Gasteiger partial charge >= 0.3 is 0 Å². The lowest BCUT2D eigenvalue weighted by molar-refractivity contribution is 0.407. The minimum atomic E-state index is 0.555. The van der Waals surface area contributed by atoms with Crippen LogP contribution in [0.1, 0.15) is 43.7 Å². The van der Waals surface area contributed by atoms with Crippen molar-refractivity contribution >= 4 is 0 Å². The molecule has 2 nitrogen and oxygen atoms in total. The van der Waals surface area contributed by atoms with Crippen LogP contribution in [-0.2, 0) is 6.54 Å². The summed E-state index contributed by atoms with van der Waals surface area (Å²) in [6.07, 6.45) is 2.65. The number of nitrogens with one attached hydrogen (secondary N) is 1. The Bertz CT molecular complexity index is 356. The number of hydrogen-bond acceptors (Lipinski definition) is 2. The second-order valence-electron chi connectivity index (χ2n) is 4.88. The van der Waals surface area contributed by atoms with Crippen LogP contribution < -0.4 is 10.1 Å². The fourth-order valence-electron chi connectivity index (χ4n) is 1.81. The van der Waals surface area contributed by atoms with Crippen LogP contribution in [0.2, 0.25) is 0 Å². The van der Waals surface area contributed by atoms with Gasteiger partial charge in [-0.15, -0.1) is 0 Å². The molecule has 0 heterocycles. The third-order valence-electron chi connectivity index (χ3n) is 3.14. The molecule has 0 radical (unpaired) electrons. The summed E-state index contributed by atoms with van der Waals surface area (Å²) in [5, 5.41) is 3.52. The minimum Gasteiger partial charge on any atom is -0.496 e. The SMILES string of the molecule is COc1cc(C(C)C)ccc1CNC1CC1. The Labute approximate surface area is 98.0 Å². The van der Waals surface area contributed by atoms with E-state index in [-0.39, 0.29) is 0 Å². The molecule has 2 heteroatoms. The van der Waals surface area contributed by atoms with E-state index in [4.69, 9.17) is 4.74 Å². The topological polar surface area (TPSA) is 21.3 Å². The first-order chi connectivity index (χ1) is 7.70. The third kappa shape index (κ3) is 2.76. The number of ether oxygens (including phenoxy) is 1. The zero-order valence-corrected chi connectivity index (χ0v) is 10.4. The molecule has 0 unspecified atom stereocenters. The van der Waals surface area contributed by atoms with Crippen molar-refractivity contribution in [2.24, 2.45) is 0 Å². The Balaban J connectivity index is 2.09. The molecule has 0 amide bonds. The molecule has 1 aliphatic carbocycles. The maximum atomic E-state index is 5.45. The van der Waals surface area contributed by atoms with Gasteiger partial charge in [0.2, 0.25) is 0 Å². The molecule has 1 aromatic carbocycles. The molecule has 0 aromatic heterocycles. The van der Waals surface area contributed by atoms with E-state index >= 15 is 0 Å². The average Bonchev–Trinajstić information content (AvgIpc) is 3.09. The van der Waals surface area contributed by atoms with Gasteiger partial charge in [0.25, 0.3) is 0 Å². The predicted octanol–water partition coefficient (Wildman–Crippen LogP) is 3.07. The highest BCUT2D eigenvalue weighted by Gasteiger charge is 2.20. The number of benzene rings is 1. The van der Waals surface area contributed by atoms with Crippen LogP contribution >= 0.6 is 0 Å².